The van der Waals surface area contributed by atoms with Crippen molar-refractivity contribution in [3.63, 3.8) is 0 Å². The Morgan fingerprint density at radius 2 is 1.60 bits per heavy atom. The standard InChI is InChI=1S/C27H34N2O6/c1-3-34-19(15-26(31)32)16-29-25(30)14-18(2)12-13-28-27(33)35-17-24-22-10-6-4-8-20(22)21-9-5-7-11-23(21)24/h4-11,18-19,24H,3,12-17H2,1-2H3,(H,28,33)(H,29,30)(H,31,32). The van der Waals surface area contributed by atoms with Crippen molar-refractivity contribution in [2.24, 2.45) is 5.92 Å². The number of alkyl carbamates (subject to hydrolysis) is 1. The second-order valence-electron chi connectivity index (χ2n) is 8.83. The summed E-state index contributed by atoms with van der Waals surface area (Å²) in [6, 6.07) is 16.4. The maximum absolute atomic E-state index is 12.3. The molecule has 3 rings (SSSR count). The van der Waals surface area contributed by atoms with E-state index in [9.17, 15) is 14.4 Å². The minimum atomic E-state index is -0.967. The van der Waals surface area contributed by atoms with E-state index >= 15 is 0 Å². The van der Waals surface area contributed by atoms with Crippen LogP contribution in [0, 0.1) is 5.92 Å². The number of rotatable bonds is 13. The number of amides is 2. The van der Waals surface area contributed by atoms with Crippen LogP contribution in [0.1, 0.15) is 50.2 Å². The highest BCUT2D eigenvalue weighted by Crippen LogP contribution is 2.44. The Hall–Kier alpha value is -3.39. The molecule has 0 aromatic heterocycles. The van der Waals surface area contributed by atoms with Gasteiger partial charge in [0.15, 0.2) is 0 Å². The molecule has 8 nitrogen and oxygen atoms in total. The summed E-state index contributed by atoms with van der Waals surface area (Å²) in [6.45, 7) is 4.90. The minimum Gasteiger partial charge on any atom is -0.481 e. The summed E-state index contributed by atoms with van der Waals surface area (Å²) in [7, 11) is 0. The summed E-state index contributed by atoms with van der Waals surface area (Å²) in [6.07, 6.45) is -0.295. The van der Waals surface area contributed by atoms with Gasteiger partial charge >= 0.3 is 12.1 Å². The first-order chi connectivity index (χ1) is 16.9. The second kappa shape index (κ2) is 12.9. The van der Waals surface area contributed by atoms with Crippen LogP contribution in [0.2, 0.25) is 0 Å². The van der Waals surface area contributed by atoms with Crippen molar-refractivity contribution in [3.05, 3.63) is 59.7 Å². The van der Waals surface area contributed by atoms with Crippen molar-refractivity contribution in [1.29, 1.82) is 0 Å². The number of nitrogens with one attached hydrogen (secondary N) is 2. The Kier molecular flexibility index (Phi) is 9.66. The van der Waals surface area contributed by atoms with Gasteiger partial charge < -0.3 is 25.2 Å². The maximum Gasteiger partial charge on any atom is 0.407 e. The Labute approximate surface area is 206 Å². The molecule has 0 heterocycles. The average molecular weight is 483 g/mol. The fourth-order valence-electron chi connectivity index (χ4n) is 4.41. The zero-order valence-electron chi connectivity index (χ0n) is 20.3. The van der Waals surface area contributed by atoms with Gasteiger partial charge in [0, 0.05) is 32.0 Å². The maximum atomic E-state index is 12.3. The third kappa shape index (κ3) is 7.55. The molecular formula is C27H34N2O6. The van der Waals surface area contributed by atoms with Gasteiger partial charge in [-0.05, 0) is 41.5 Å². The van der Waals surface area contributed by atoms with Gasteiger partial charge in [-0.1, -0.05) is 55.5 Å². The van der Waals surface area contributed by atoms with Gasteiger partial charge in [-0.3, -0.25) is 9.59 Å². The van der Waals surface area contributed by atoms with Crippen molar-refractivity contribution < 1.29 is 29.0 Å². The van der Waals surface area contributed by atoms with Gasteiger partial charge in [0.1, 0.15) is 6.61 Å². The van der Waals surface area contributed by atoms with Crippen LogP contribution in [0.3, 0.4) is 0 Å². The summed E-state index contributed by atoms with van der Waals surface area (Å²) in [5.41, 5.74) is 4.69. The smallest absolute Gasteiger partial charge is 0.407 e. The van der Waals surface area contributed by atoms with Crippen molar-refractivity contribution >= 4 is 18.0 Å². The average Bonchev–Trinajstić information content (AvgIpc) is 3.15. The Morgan fingerprint density at radius 3 is 2.20 bits per heavy atom. The topological polar surface area (TPSA) is 114 Å². The first-order valence-corrected chi connectivity index (χ1v) is 12.1. The molecule has 0 saturated carbocycles. The van der Waals surface area contributed by atoms with Crippen LogP contribution in [-0.2, 0) is 19.1 Å². The lowest BCUT2D eigenvalue weighted by Gasteiger charge is -2.17. The summed E-state index contributed by atoms with van der Waals surface area (Å²) < 4.78 is 10.9. The molecule has 2 aromatic rings. The number of ether oxygens (including phenoxy) is 2. The fraction of sp³-hybridized carbons (Fsp3) is 0.444. The summed E-state index contributed by atoms with van der Waals surface area (Å²) in [4.78, 5) is 35.3. The van der Waals surface area contributed by atoms with Crippen molar-refractivity contribution in [1.82, 2.24) is 10.6 Å². The van der Waals surface area contributed by atoms with E-state index in [-0.39, 0.29) is 43.7 Å². The van der Waals surface area contributed by atoms with E-state index in [4.69, 9.17) is 14.6 Å². The van der Waals surface area contributed by atoms with Crippen molar-refractivity contribution in [3.8, 4) is 11.1 Å². The van der Waals surface area contributed by atoms with Gasteiger partial charge in [-0.25, -0.2) is 4.79 Å². The molecule has 2 aromatic carbocycles. The number of carbonyl (C=O) groups excluding carboxylic acids is 2. The first-order valence-electron chi connectivity index (χ1n) is 12.1. The molecule has 0 radical (unpaired) electrons. The van der Waals surface area contributed by atoms with Gasteiger partial charge in [-0.2, -0.15) is 0 Å². The Balaban J connectivity index is 1.37. The van der Waals surface area contributed by atoms with Crippen LogP contribution >= 0.6 is 0 Å². The number of benzene rings is 2. The molecule has 0 fully saturated rings. The highest BCUT2D eigenvalue weighted by Gasteiger charge is 2.29. The first kappa shape index (κ1) is 26.2. The fourth-order valence-corrected chi connectivity index (χ4v) is 4.41. The molecular weight excluding hydrogens is 448 g/mol. The summed E-state index contributed by atoms with van der Waals surface area (Å²) in [5, 5.41) is 14.4. The van der Waals surface area contributed by atoms with E-state index in [1.807, 2.05) is 31.2 Å². The lowest BCUT2D eigenvalue weighted by atomic mass is 9.98. The molecule has 0 aliphatic heterocycles. The number of fused-ring (bicyclic) bond motifs is 3. The van der Waals surface area contributed by atoms with Gasteiger partial charge in [0.25, 0.3) is 0 Å². The molecule has 2 atom stereocenters. The highest BCUT2D eigenvalue weighted by molar-refractivity contribution is 5.79. The number of aliphatic carboxylic acids is 1. The van der Waals surface area contributed by atoms with Crippen LogP contribution in [0.4, 0.5) is 4.79 Å². The third-order valence-electron chi connectivity index (χ3n) is 6.12. The van der Waals surface area contributed by atoms with Crippen LogP contribution in [-0.4, -0.2) is 55.5 Å². The highest BCUT2D eigenvalue weighted by atomic mass is 16.5. The summed E-state index contributed by atoms with van der Waals surface area (Å²) >= 11 is 0. The molecule has 0 saturated heterocycles. The quantitative estimate of drug-likeness (QED) is 0.399. The van der Waals surface area contributed by atoms with E-state index in [0.717, 1.165) is 11.1 Å². The van der Waals surface area contributed by atoms with Crippen LogP contribution in [0.25, 0.3) is 11.1 Å². The van der Waals surface area contributed by atoms with Crippen molar-refractivity contribution in [2.75, 3.05) is 26.3 Å². The molecule has 1 aliphatic rings. The SMILES string of the molecule is CCOC(CNC(=O)CC(C)CCNC(=O)OCC1c2ccccc2-c2ccccc21)CC(=O)O. The van der Waals surface area contributed by atoms with Crippen molar-refractivity contribution in [2.45, 2.75) is 45.1 Å². The van der Waals surface area contributed by atoms with E-state index < -0.39 is 18.2 Å². The van der Waals surface area contributed by atoms with Gasteiger partial charge in [0.05, 0.1) is 12.5 Å². The monoisotopic (exact) mass is 482 g/mol. The molecule has 0 bridgehead atoms. The Morgan fingerprint density at radius 1 is 0.971 bits per heavy atom. The zero-order chi connectivity index (χ0) is 25.2. The molecule has 2 unspecified atom stereocenters. The van der Waals surface area contributed by atoms with E-state index in [1.165, 1.54) is 11.1 Å². The van der Waals surface area contributed by atoms with Gasteiger partial charge in [-0.15, -0.1) is 0 Å². The molecule has 2 amide bonds. The predicted octanol–water partition coefficient (Wildman–Crippen LogP) is 3.94. The van der Waals surface area contributed by atoms with Crippen LogP contribution < -0.4 is 10.6 Å². The normalized spacial score (nSPS) is 13.9. The lowest BCUT2D eigenvalue weighted by molar-refractivity contribution is -0.140. The lowest BCUT2D eigenvalue weighted by Crippen LogP contribution is -2.36. The molecule has 3 N–H and O–H groups in total. The van der Waals surface area contributed by atoms with Crippen LogP contribution in [0.5, 0.6) is 0 Å². The summed E-state index contributed by atoms with van der Waals surface area (Å²) in [5.74, 6) is -1.09. The largest absolute Gasteiger partial charge is 0.481 e. The number of carboxylic acid groups (broad SMARTS) is 1. The molecule has 35 heavy (non-hydrogen) atoms. The second-order valence-corrected chi connectivity index (χ2v) is 8.83. The third-order valence-corrected chi connectivity index (χ3v) is 6.12. The van der Waals surface area contributed by atoms with Gasteiger partial charge in [0.2, 0.25) is 5.91 Å². The number of hydrogen-bond acceptors (Lipinski definition) is 5. The van der Waals surface area contributed by atoms with E-state index in [1.54, 1.807) is 6.92 Å². The minimum absolute atomic E-state index is 0.0115. The molecule has 8 heteroatoms. The molecule has 0 spiro atoms. The van der Waals surface area contributed by atoms with E-state index in [2.05, 4.69) is 34.9 Å². The molecule has 1 aliphatic carbocycles. The molecule has 188 valence electrons. The zero-order valence-corrected chi connectivity index (χ0v) is 20.3. The number of carboxylic acids is 1. The van der Waals surface area contributed by atoms with Crippen LogP contribution in [0.15, 0.2) is 48.5 Å². The number of carbonyl (C=O) groups is 3. The number of hydrogen-bond donors (Lipinski definition) is 3. The van der Waals surface area contributed by atoms with E-state index in [0.29, 0.717) is 19.6 Å². The Bertz CT molecular complexity index is 979. The predicted molar refractivity (Wildman–Crippen MR) is 132 cm³/mol.